The first-order chi connectivity index (χ1) is 15.1. The van der Waals surface area contributed by atoms with Gasteiger partial charge in [-0.15, -0.1) is 0 Å². The number of nitrogens with zero attached hydrogens (tertiary/aromatic N) is 4. The Labute approximate surface area is 183 Å². The van der Waals surface area contributed by atoms with E-state index in [4.69, 9.17) is 4.74 Å². The zero-order valence-electron chi connectivity index (χ0n) is 18.1. The van der Waals surface area contributed by atoms with Gasteiger partial charge in [0.15, 0.2) is 12.4 Å². The highest BCUT2D eigenvalue weighted by atomic mass is 16.5. The Hall–Kier alpha value is -3.28. The highest BCUT2D eigenvalue weighted by molar-refractivity contribution is 5.79. The molecule has 6 heteroatoms. The van der Waals surface area contributed by atoms with Crippen LogP contribution in [0.15, 0.2) is 67.0 Å². The molecule has 0 N–H and O–H groups in total. The van der Waals surface area contributed by atoms with Crippen molar-refractivity contribution < 1.29 is 9.53 Å². The number of fused-ring (bicyclic) bond motifs is 4. The third-order valence-electron chi connectivity index (χ3n) is 6.28. The fourth-order valence-electron chi connectivity index (χ4n) is 4.93. The van der Waals surface area contributed by atoms with Gasteiger partial charge in [-0.3, -0.25) is 4.79 Å². The van der Waals surface area contributed by atoms with Gasteiger partial charge in [0.2, 0.25) is 0 Å². The number of carbonyl (C=O) groups is 1. The van der Waals surface area contributed by atoms with Crippen molar-refractivity contribution in [3.63, 3.8) is 0 Å². The maximum atomic E-state index is 13.0. The van der Waals surface area contributed by atoms with Crippen molar-refractivity contribution in [2.45, 2.75) is 25.8 Å². The number of rotatable bonds is 5. The van der Waals surface area contributed by atoms with Crippen LogP contribution in [0.2, 0.25) is 0 Å². The van der Waals surface area contributed by atoms with Crippen LogP contribution < -0.4 is 9.64 Å². The van der Waals surface area contributed by atoms with Gasteiger partial charge < -0.3 is 19.1 Å². The van der Waals surface area contributed by atoms with Crippen molar-refractivity contribution in [2.75, 3.05) is 31.1 Å². The van der Waals surface area contributed by atoms with Gasteiger partial charge in [-0.1, -0.05) is 32.0 Å². The molecule has 2 aliphatic rings. The predicted octanol–water partition coefficient (Wildman–Crippen LogP) is 3.85. The number of anilines is 1. The second-order valence-corrected chi connectivity index (χ2v) is 8.81. The van der Waals surface area contributed by atoms with Gasteiger partial charge in [0.25, 0.3) is 5.91 Å². The van der Waals surface area contributed by atoms with Gasteiger partial charge in [-0.05, 0) is 48.7 Å². The normalized spacial score (nSPS) is 19.6. The molecule has 31 heavy (non-hydrogen) atoms. The van der Waals surface area contributed by atoms with Crippen LogP contribution in [0.1, 0.15) is 26.0 Å². The molecule has 2 aliphatic heterocycles. The van der Waals surface area contributed by atoms with E-state index in [0.29, 0.717) is 19.0 Å². The van der Waals surface area contributed by atoms with Crippen LogP contribution in [0.4, 0.5) is 5.69 Å². The summed E-state index contributed by atoms with van der Waals surface area (Å²) in [6.07, 6.45) is 4.81. The van der Waals surface area contributed by atoms with E-state index >= 15 is 0 Å². The van der Waals surface area contributed by atoms with Crippen molar-refractivity contribution in [3.05, 3.63) is 72.7 Å². The summed E-state index contributed by atoms with van der Waals surface area (Å²) in [7, 11) is 0. The fraction of sp³-hybridized carbons (Fsp3) is 0.360. The van der Waals surface area contributed by atoms with E-state index in [9.17, 15) is 4.79 Å². The molecule has 6 nitrogen and oxygen atoms in total. The summed E-state index contributed by atoms with van der Waals surface area (Å²) in [6, 6.07) is 17.9. The van der Waals surface area contributed by atoms with E-state index in [1.54, 1.807) is 0 Å². The number of likely N-dealkylation sites (tertiary alicyclic amines) is 1. The SMILES string of the molecule is CC(C)CN1c2cccnc2-n2cccc2[C@@]12CCN(C(=O)COc1ccccc1)C2. The summed E-state index contributed by atoms with van der Waals surface area (Å²) in [5, 5.41) is 0. The summed E-state index contributed by atoms with van der Waals surface area (Å²) in [6.45, 7) is 6.81. The molecular formula is C25H28N4O2. The van der Waals surface area contributed by atoms with E-state index in [-0.39, 0.29) is 18.1 Å². The monoisotopic (exact) mass is 416 g/mol. The minimum absolute atomic E-state index is 0.0281. The Morgan fingerprint density at radius 2 is 1.97 bits per heavy atom. The van der Waals surface area contributed by atoms with Gasteiger partial charge in [0.05, 0.1) is 11.4 Å². The number of para-hydroxylation sites is 1. The van der Waals surface area contributed by atoms with Crippen molar-refractivity contribution >= 4 is 11.6 Å². The number of hydrogen-bond donors (Lipinski definition) is 0. The third kappa shape index (κ3) is 3.36. The van der Waals surface area contributed by atoms with Crippen molar-refractivity contribution in [3.8, 4) is 11.6 Å². The Bertz CT molecular complexity index is 1080. The van der Waals surface area contributed by atoms with Gasteiger partial charge in [0, 0.05) is 32.0 Å². The predicted molar refractivity (Wildman–Crippen MR) is 121 cm³/mol. The fourth-order valence-corrected chi connectivity index (χ4v) is 4.93. The molecule has 4 heterocycles. The summed E-state index contributed by atoms with van der Waals surface area (Å²) in [5.41, 5.74) is 2.08. The highest BCUT2D eigenvalue weighted by Crippen LogP contribution is 2.47. The number of amides is 1. The largest absolute Gasteiger partial charge is 0.484 e. The van der Waals surface area contributed by atoms with Gasteiger partial charge >= 0.3 is 0 Å². The molecule has 160 valence electrons. The Balaban J connectivity index is 1.44. The molecule has 1 fully saturated rings. The van der Waals surface area contributed by atoms with Crippen LogP contribution in [0.5, 0.6) is 5.75 Å². The molecule has 0 unspecified atom stereocenters. The number of pyridine rings is 1. The minimum atomic E-state index is -0.258. The van der Waals surface area contributed by atoms with Gasteiger partial charge in [-0.25, -0.2) is 4.98 Å². The average Bonchev–Trinajstić information content (AvgIpc) is 3.45. The summed E-state index contributed by atoms with van der Waals surface area (Å²) < 4.78 is 7.93. The lowest BCUT2D eigenvalue weighted by Gasteiger charge is -2.47. The first kappa shape index (κ1) is 19.7. The molecule has 5 rings (SSSR count). The zero-order chi connectivity index (χ0) is 21.4. The molecule has 2 aromatic heterocycles. The Kier molecular flexibility index (Phi) is 4.93. The lowest BCUT2D eigenvalue weighted by atomic mass is 9.88. The minimum Gasteiger partial charge on any atom is -0.484 e. The van der Waals surface area contributed by atoms with Gasteiger partial charge in [0.1, 0.15) is 11.3 Å². The van der Waals surface area contributed by atoms with Crippen molar-refractivity contribution in [1.29, 1.82) is 0 Å². The topological polar surface area (TPSA) is 50.6 Å². The quantitative estimate of drug-likeness (QED) is 0.634. The lowest BCUT2D eigenvalue weighted by Crippen LogP contribution is -2.54. The standard InChI is InChI=1S/C25H28N4O2/c1-19(2)16-29-21-10-6-13-26-24(21)28-14-7-11-22(28)25(29)12-15-27(18-25)23(30)17-31-20-8-4-3-5-9-20/h3-11,13-14,19H,12,15-18H2,1-2H3/t25-/m0/s1. The second-order valence-electron chi connectivity index (χ2n) is 8.81. The van der Waals surface area contributed by atoms with E-state index in [0.717, 1.165) is 30.2 Å². The molecule has 0 aliphatic carbocycles. The van der Waals surface area contributed by atoms with E-state index in [1.165, 1.54) is 5.69 Å². The Morgan fingerprint density at radius 1 is 1.13 bits per heavy atom. The van der Waals surface area contributed by atoms with Crippen LogP contribution in [0.25, 0.3) is 5.82 Å². The molecule has 1 amide bonds. The molecule has 1 atom stereocenters. The van der Waals surface area contributed by atoms with Crippen LogP contribution in [-0.4, -0.2) is 46.6 Å². The molecule has 0 radical (unpaired) electrons. The number of carbonyl (C=O) groups excluding carboxylic acids is 1. The maximum absolute atomic E-state index is 13.0. The molecule has 0 bridgehead atoms. The molecule has 3 aromatic rings. The highest BCUT2D eigenvalue weighted by Gasteiger charge is 2.50. The maximum Gasteiger partial charge on any atom is 0.260 e. The smallest absolute Gasteiger partial charge is 0.260 e. The van der Waals surface area contributed by atoms with E-state index in [1.807, 2.05) is 47.5 Å². The molecular weight excluding hydrogens is 388 g/mol. The summed E-state index contributed by atoms with van der Waals surface area (Å²) in [5.74, 6) is 2.20. The van der Waals surface area contributed by atoms with Crippen LogP contribution in [-0.2, 0) is 10.3 Å². The zero-order valence-corrected chi connectivity index (χ0v) is 18.1. The van der Waals surface area contributed by atoms with E-state index in [2.05, 4.69) is 52.7 Å². The van der Waals surface area contributed by atoms with Crippen molar-refractivity contribution in [2.24, 2.45) is 5.92 Å². The number of hydrogen-bond acceptors (Lipinski definition) is 4. The molecule has 0 saturated carbocycles. The van der Waals surface area contributed by atoms with Crippen LogP contribution >= 0.6 is 0 Å². The number of ether oxygens (including phenoxy) is 1. The number of benzene rings is 1. The molecule has 1 aromatic carbocycles. The van der Waals surface area contributed by atoms with Crippen molar-refractivity contribution in [1.82, 2.24) is 14.5 Å². The first-order valence-electron chi connectivity index (χ1n) is 10.9. The average molecular weight is 417 g/mol. The second kappa shape index (κ2) is 7.76. The molecule has 1 saturated heterocycles. The number of aromatic nitrogens is 2. The van der Waals surface area contributed by atoms with E-state index < -0.39 is 0 Å². The third-order valence-corrected chi connectivity index (χ3v) is 6.28. The van der Waals surface area contributed by atoms with Gasteiger partial charge in [-0.2, -0.15) is 0 Å². The molecule has 1 spiro atoms. The van der Waals surface area contributed by atoms with Crippen LogP contribution in [0.3, 0.4) is 0 Å². The summed E-state index contributed by atoms with van der Waals surface area (Å²) >= 11 is 0. The first-order valence-corrected chi connectivity index (χ1v) is 10.9. The summed E-state index contributed by atoms with van der Waals surface area (Å²) in [4.78, 5) is 22.2. The lowest BCUT2D eigenvalue weighted by molar-refractivity contribution is -0.132. The van der Waals surface area contributed by atoms with Crippen LogP contribution in [0, 0.1) is 5.92 Å². The Morgan fingerprint density at radius 3 is 2.77 bits per heavy atom.